The second-order valence-corrected chi connectivity index (χ2v) is 5.16. The lowest BCUT2D eigenvalue weighted by molar-refractivity contribution is -0.129. The highest BCUT2D eigenvalue weighted by molar-refractivity contribution is 5.87. The molecular weight excluding hydrogens is 306 g/mol. The van der Waals surface area contributed by atoms with Gasteiger partial charge in [0.25, 0.3) is 5.91 Å². The van der Waals surface area contributed by atoms with Crippen molar-refractivity contribution in [3.05, 3.63) is 30.3 Å². The van der Waals surface area contributed by atoms with Gasteiger partial charge in [-0.05, 0) is 19.1 Å². The van der Waals surface area contributed by atoms with Crippen LogP contribution in [0.3, 0.4) is 0 Å². The zero-order chi connectivity index (χ0) is 15.1. The second-order valence-electron chi connectivity index (χ2n) is 5.16. The van der Waals surface area contributed by atoms with E-state index in [4.69, 9.17) is 4.74 Å². The van der Waals surface area contributed by atoms with E-state index in [-0.39, 0.29) is 30.8 Å². The molecule has 22 heavy (non-hydrogen) atoms. The van der Waals surface area contributed by atoms with Crippen LogP contribution in [0.15, 0.2) is 30.3 Å². The molecule has 1 atom stereocenters. The van der Waals surface area contributed by atoms with Crippen LogP contribution in [0.25, 0.3) is 0 Å². The summed E-state index contributed by atoms with van der Waals surface area (Å²) in [6, 6.07) is 8.52. The van der Waals surface area contributed by atoms with E-state index >= 15 is 0 Å². The van der Waals surface area contributed by atoms with Gasteiger partial charge in [-0.2, -0.15) is 0 Å². The van der Waals surface area contributed by atoms with E-state index in [1.807, 2.05) is 18.2 Å². The third-order valence-electron chi connectivity index (χ3n) is 3.31. The van der Waals surface area contributed by atoms with Crippen LogP contribution in [0.5, 0.6) is 5.75 Å². The van der Waals surface area contributed by atoms with Crippen LogP contribution in [0.1, 0.15) is 6.92 Å². The van der Waals surface area contributed by atoms with Gasteiger partial charge in [0.2, 0.25) is 5.91 Å². The number of hydrogen-bond acceptors (Lipinski definition) is 4. The summed E-state index contributed by atoms with van der Waals surface area (Å²) in [5.41, 5.74) is 0. The molecule has 3 N–H and O–H groups in total. The number of carbonyl (C=O) groups is 2. The van der Waals surface area contributed by atoms with Crippen LogP contribution in [-0.2, 0) is 9.59 Å². The van der Waals surface area contributed by atoms with Gasteiger partial charge in [-0.1, -0.05) is 18.2 Å². The zero-order valence-corrected chi connectivity index (χ0v) is 13.3. The maximum atomic E-state index is 11.8. The molecule has 1 unspecified atom stereocenters. The molecule has 0 radical (unpaired) electrons. The van der Waals surface area contributed by atoms with Gasteiger partial charge in [-0.3, -0.25) is 9.59 Å². The van der Waals surface area contributed by atoms with Crippen LogP contribution in [0.4, 0.5) is 0 Å². The maximum Gasteiger partial charge on any atom is 0.258 e. The molecule has 1 saturated heterocycles. The Hall–Kier alpha value is -1.79. The monoisotopic (exact) mass is 327 g/mol. The third-order valence-corrected chi connectivity index (χ3v) is 3.31. The molecule has 1 aliphatic rings. The fourth-order valence-corrected chi connectivity index (χ4v) is 1.91. The third kappa shape index (κ3) is 5.91. The molecule has 0 aromatic heterocycles. The second kappa shape index (κ2) is 9.27. The van der Waals surface area contributed by atoms with Crippen molar-refractivity contribution in [2.24, 2.45) is 5.92 Å². The Bertz CT molecular complexity index is 480. The number of hydrogen-bond donors (Lipinski definition) is 3. The van der Waals surface area contributed by atoms with Crippen molar-refractivity contribution < 1.29 is 14.3 Å². The molecule has 6 nitrogen and oxygen atoms in total. The zero-order valence-electron chi connectivity index (χ0n) is 12.5. The molecule has 0 bridgehead atoms. The van der Waals surface area contributed by atoms with Crippen molar-refractivity contribution in [3.63, 3.8) is 0 Å². The van der Waals surface area contributed by atoms with E-state index < -0.39 is 6.04 Å². The van der Waals surface area contributed by atoms with Gasteiger partial charge in [0, 0.05) is 25.6 Å². The number of ether oxygens (including phenoxy) is 1. The van der Waals surface area contributed by atoms with Gasteiger partial charge >= 0.3 is 0 Å². The highest BCUT2D eigenvalue weighted by Crippen LogP contribution is 2.07. The fourth-order valence-electron chi connectivity index (χ4n) is 1.91. The Kier molecular flexibility index (Phi) is 7.70. The van der Waals surface area contributed by atoms with Crippen molar-refractivity contribution >= 4 is 24.2 Å². The van der Waals surface area contributed by atoms with E-state index in [0.717, 1.165) is 13.1 Å². The Balaban J connectivity index is 0.00000242. The first kappa shape index (κ1) is 18.3. The number of carbonyl (C=O) groups excluding carboxylic acids is 2. The van der Waals surface area contributed by atoms with Crippen LogP contribution in [0, 0.1) is 5.92 Å². The van der Waals surface area contributed by atoms with Crippen molar-refractivity contribution in [2.45, 2.75) is 13.0 Å². The first-order chi connectivity index (χ1) is 10.1. The van der Waals surface area contributed by atoms with Crippen molar-refractivity contribution in [3.8, 4) is 5.75 Å². The average molecular weight is 328 g/mol. The summed E-state index contributed by atoms with van der Waals surface area (Å²) < 4.78 is 5.32. The van der Waals surface area contributed by atoms with Gasteiger partial charge in [0.05, 0.1) is 0 Å². The van der Waals surface area contributed by atoms with Gasteiger partial charge in [-0.25, -0.2) is 0 Å². The van der Waals surface area contributed by atoms with Gasteiger partial charge < -0.3 is 20.7 Å². The van der Waals surface area contributed by atoms with Gasteiger partial charge in [0.1, 0.15) is 11.8 Å². The SMILES string of the molecule is CC(NC(=O)COc1ccccc1)C(=O)NCC1CNC1.Cl. The molecule has 0 saturated carbocycles. The molecule has 1 aromatic carbocycles. The topological polar surface area (TPSA) is 79.5 Å². The molecule has 1 fully saturated rings. The Morgan fingerprint density at radius 1 is 1.32 bits per heavy atom. The Morgan fingerprint density at radius 3 is 2.59 bits per heavy atom. The van der Waals surface area contributed by atoms with Crippen molar-refractivity contribution in [2.75, 3.05) is 26.2 Å². The summed E-state index contributed by atoms with van der Waals surface area (Å²) in [5.74, 6) is 0.641. The van der Waals surface area contributed by atoms with Crippen molar-refractivity contribution in [1.82, 2.24) is 16.0 Å². The number of halogens is 1. The highest BCUT2D eigenvalue weighted by Gasteiger charge is 2.20. The summed E-state index contributed by atoms with van der Waals surface area (Å²) in [4.78, 5) is 23.5. The minimum Gasteiger partial charge on any atom is -0.484 e. The predicted molar refractivity (Wildman–Crippen MR) is 86.2 cm³/mol. The summed E-state index contributed by atoms with van der Waals surface area (Å²) in [5, 5.41) is 8.59. The quantitative estimate of drug-likeness (QED) is 0.674. The lowest BCUT2D eigenvalue weighted by atomic mass is 10.0. The van der Waals surface area contributed by atoms with Gasteiger partial charge in [0.15, 0.2) is 6.61 Å². The van der Waals surface area contributed by atoms with E-state index in [9.17, 15) is 9.59 Å². The highest BCUT2D eigenvalue weighted by atomic mass is 35.5. The molecule has 7 heteroatoms. The maximum absolute atomic E-state index is 11.8. The summed E-state index contributed by atoms with van der Waals surface area (Å²) >= 11 is 0. The number of para-hydroxylation sites is 1. The molecule has 1 aromatic rings. The lowest BCUT2D eigenvalue weighted by Gasteiger charge is -2.27. The van der Waals surface area contributed by atoms with Crippen molar-refractivity contribution in [1.29, 1.82) is 0 Å². The number of nitrogens with one attached hydrogen (secondary N) is 3. The average Bonchev–Trinajstić information content (AvgIpc) is 2.44. The van der Waals surface area contributed by atoms with Crippen LogP contribution < -0.4 is 20.7 Å². The summed E-state index contributed by atoms with van der Waals surface area (Å²) in [6.45, 7) is 4.08. The van der Waals surface area contributed by atoms with E-state index in [2.05, 4.69) is 16.0 Å². The lowest BCUT2D eigenvalue weighted by Crippen LogP contribution is -2.52. The van der Waals surface area contributed by atoms with Crippen LogP contribution in [0.2, 0.25) is 0 Å². The number of rotatable bonds is 7. The van der Waals surface area contributed by atoms with Crippen LogP contribution >= 0.6 is 12.4 Å². The molecule has 1 aliphatic heterocycles. The molecule has 2 amide bonds. The Labute approximate surface area is 136 Å². The summed E-state index contributed by atoms with van der Waals surface area (Å²) in [7, 11) is 0. The number of benzene rings is 1. The molecule has 0 spiro atoms. The fraction of sp³-hybridized carbons (Fsp3) is 0.467. The molecule has 122 valence electrons. The normalized spacial score (nSPS) is 15.0. The Morgan fingerprint density at radius 2 is 2.00 bits per heavy atom. The minimum atomic E-state index is -0.565. The standard InChI is InChI=1S/C15H21N3O3.ClH/c1-11(15(20)17-9-12-7-16-8-12)18-14(19)10-21-13-5-3-2-4-6-13;/h2-6,11-12,16H,7-10H2,1H3,(H,17,20)(H,18,19);1H. The van der Waals surface area contributed by atoms with Crippen LogP contribution in [-0.4, -0.2) is 44.1 Å². The first-order valence-electron chi connectivity index (χ1n) is 7.11. The smallest absolute Gasteiger partial charge is 0.258 e. The molecule has 0 aliphatic carbocycles. The largest absolute Gasteiger partial charge is 0.484 e. The van der Waals surface area contributed by atoms with E-state index in [1.165, 1.54) is 0 Å². The predicted octanol–water partition coefficient (Wildman–Crippen LogP) is 0.328. The molecule has 2 rings (SSSR count). The van der Waals surface area contributed by atoms with Gasteiger partial charge in [-0.15, -0.1) is 12.4 Å². The molecule has 1 heterocycles. The summed E-state index contributed by atoms with van der Waals surface area (Å²) in [6.07, 6.45) is 0. The number of amides is 2. The minimum absolute atomic E-state index is 0. The van der Waals surface area contributed by atoms with E-state index in [1.54, 1.807) is 19.1 Å². The molecular formula is C15H22ClN3O3. The first-order valence-corrected chi connectivity index (χ1v) is 7.11. The van der Waals surface area contributed by atoms with E-state index in [0.29, 0.717) is 18.2 Å².